The minimum Gasteiger partial charge on any atom is -0.496 e. The second-order valence-electron chi connectivity index (χ2n) is 4.52. The van der Waals surface area contributed by atoms with E-state index in [1.165, 1.54) is 19.2 Å². The Hall–Kier alpha value is -2.08. The summed E-state index contributed by atoms with van der Waals surface area (Å²) < 4.78 is 11.6. The molecule has 0 heterocycles. The molecular formula is C15H14BrNO4. The van der Waals surface area contributed by atoms with Gasteiger partial charge in [0.15, 0.2) is 0 Å². The smallest absolute Gasteiger partial charge is 0.273 e. The fourth-order valence-corrected chi connectivity index (χ4v) is 2.44. The van der Waals surface area contributed by atoms with Crippen LogP contribution < -0.4 is 9.47 Å². The van der Waals surface area contributed by atoms with Gasteiger partial charge in [0, 0.05) is 6.07 Å². The van der Waals surface area contributed by atoms with Crippen molar-refractivity contribution in [3.05, 3.63) is 62.1 Å². The molecule has 0 amide bonds. The quantitative estimate of drug-likeness (QED) is 0.596. The molecule has 0 radical (unpaired) electrons. The normalized spacial score (nSPS) is 10.2. The molecule has 0 aliphatic carbocycles. The van der Waals surface area contributed by atoms with E-state index in [4.69, 9.17) is 9.47 Å². The first-order valence-electron chi connectivity index (χ1n) is 6.21. The van der Waals surface area contributed by atoms with Gasteiger partial charge in [-0.1, -0.05) is 6.07 Å². The molecule has 0 bridgehead atoms. The summed E-state index contributed by atoms with van der Waals surface area (Å²) in [6.07, 6.45) is 0. The highest BCUT2D eigenvalue weighted by molar-refractivity contribution is 9.10. The minimum absolute atomic E-state index is 0.0177. The first-order chi connectivity index (χ1) is 9.99. The number of nitrogens with zero attached hydrogens (tertiary/aromatic N) is 1. The minimum atomic E-state index is -0.451. The molecule has 2 aromatic carbocycles. The summed E-state index contributed by atoms with van der Waals surface area (Å²) >= 11 is 3.43. The Labute approximate surface area is 130 Å². The lowest BCUT2D eigenvalue weighted by molar-refractivity contribution is -0.385. The molecule has 0 aromatic heterocycles. The van der Waals surface area contributed by atoms with E-state index in [1.54, 1.807) is 6.07 Å². The molecule has 0 saturated heterocycles. The van der Waals surface area contributed by atoms with Gasteiger partial charge in [0.2, 0.25) is 0 Å². The SMILES string of the molecule is COc1cc(COc2ccc(C)cc2Br)cc([N+](=O)[O-])c1. The van der Waals surface area contributed by atoms with E-state index in [0.717, 1.165) is 10.0 Å². The molecule has 21 heavy (non-hydrogen) atoms. The molecular weight excluding hydrogens is 338 g/mol. The van der Waals surface area contributed by atoms with Crippen LogP contribution in [0.15, 0.2) is 40.9 Å². The van der Waals surface area contributed by atoms with Gasteiger partial charge in [0.25, 0.3) is 5.69 Å². The first-order valence-corrected chi connectivity index (χ1v) is 7.00. The Kier molecular flexibility index (Phi) is 4.80. The average Bonchev–Trinajstić information content (AvgIpc) is 2.46. The van der Waals surface area contributed by atoms with E-state index in [-0.39, 0.29) is 12.3 Å². The Morgan fingerprint density at radius 1 is 1.24 bits per heavy atom. The lowest BCUT2D eigenvalue weighted by Gasteiger charge is -2.10. The van der Waals surface area contributed by atoms with Crippen molar-refractivity contribution in [2.45, 2.75) is 13.5 Å². The van der Waals surface area contributed by atoms with E-state index in [1.807, 2.05) is 25.1 Å². The van der Waals surface area contributed by atoms with Crippen LogP contribution in [0.3, 0.4) is 0 Å². The maximum absolute atomic E-state index is 10.9. The van der Waals surface area contributed by atoms with Crippen molar-refractivity contribution in [1.29, 1.82) is 0 Å². The lowest BCUT2D eigenvalue weighted by Crippen LogP contribution is -1.99. The van der Waals surface area contributed by atoms with Crippen LogP contribution >= 0.6 is 15.9 Å². The highest BCUT2D eigenvalue weighted by Crippen LogP contribution is 2.28. The van der Waals surface area contributed by atoms with Crippen LogP contribution in [0.2, 0.25) is 0 Å². The summed E-state index contributed by atoms with van der Waals surface area (Å²) in [5.41, 5.74) is 1.77. The van der Waals surface area contributed by atoms with Crippen LogP contribution in [0.5, 0.6) is 11.5 Å². The van der Waals surface area contributed by atoms with E-state index in [2.05, 4.69) is 15.9 Å². The van der Waals surface area contributed by atoms with Gasteiger partial charge < -0.3 is 9.47 Å². The predicted molar refractivity (Wildman–Crippen MR) is 82.9 cm³/mol. The van der Waals surface area contributed by atoms with Gasteiger partial charge in [-0.15, -0.1) is 0 Å². The van der Waals surface area contributed by atoms with Crippen molar-refractivity contribution in [2.75, 3.05) is 7.11 Å². The number of hydrogen-bond donors (Lipinski definition) is 0. The van der Waals surface area contributed by atoms with Crippen molar-refractivity contribution >= 4 is 21.6 Å². The number of methoxy groups -OCH3 is 1. The maximum atomic E-state index is 10.9. The molecule has 2 aromatic rings. The second kappa shape index (κ2) is 6.58. The number of nitro benzene ring substituents is 1. The van der Waals surface area contributed by atoms with Gasteiger partial charge in [-0.25, -0.2) is 0 Å². The van der Waals surface area contributed by atoms with Crippen LogP contribution in [0.25, 0.3) is 0 Å². The molecule has 5 nitrogen and oxygen atoms in total. The highest BCUT2D eigenvalue weighted by atomic mass is 79.9. The summed E-state index contributed by atoms with van der Waals surface area (Å²) in [7, 11) is 1.47. The van der Waals surface area contributed by atoms with E-state index < -0.39 is 4.92 Å². The summed E-state index contributed by atoms with van der Waals surface area (Å²) in [4.78, 5) is 10.4. The second-order valence-corrected chi connectivity index (χ2v) is 5.37. The number of ether oxygens (including phenoxy) is 2. The summed E-state index contributed by atoms with van der Waals surface area (Å²) in [5.74, 6) is 1.12. The summed E-state index contributed by atoms with van der Waals surface area (Å²) in [6.45, 7) is 2.21. The number of rotatable bonds is 5. The number of halogens is 1. The van der Waals surface area contributed by atoms with Gasteiger partial charge in [0.1, 0.15) is 18.1 Å². The van der Waals surface area contributed by atoms with Crippen LogP contribution in [-0.2, 0) is 6.61 Å². The third kappa shape index (κ3) is 3.95. The van der Waals surface area contributed by atoms with Crippen molar-refractivity contribution in [3.8, 4) is 11.5 Å². The first kappa shape index (κ1) is 15.3. The molecule has 0 spiro atoms. The largest absolute Gasteiger partial charge is 0.496 e. The van der Waals surface area contributed by atoms with Crippen molar-refractivity contribution in [3.63, 3.8) is 0 Å². The van der Waals surface area contributed by atoms with Crippen molar-refractivity contribution < 1.29 is 14.4 Å². The van der Waals surface area contributed by atoms with Crippen LogP contribution in [0.1, 0.15) is 11.1 Å². The Balaban J connectivity index is 2.19. The molecule has 0 aliphatic heterocycles. The van der Waals surface area contributed by atoms with E-state index in [9.17, 15) is 10.1 Å². The van der Waals surface area contributed by atoms with Gasteiger partial charge in [-0.2, -0.15) is 0 Å². The lowest BCUT2D eigenvalue weighted by atomic mass is 10.2. The maximum Gasteiger partial charge on any atom is 0.273 e. The predicted octanol–water partition coefficient (Wildman–Crippen LogP) is 4.25. The fourth-order valence-electron chi connectivity index (χ4n) is 1.83. The van der Waals surface area contributed by atoms with Gasteiger partial charge >= 0.3 is 0 Å². The Morgan fingerprint density at radius 2 is 2.00 bits per heavy atom. The number of aryl methyl sites for hydroxylation is 1. The number of non-ortho nitro benzene ring substituents is 1. The van der Waals surface area contributed by atoms with Crippen molar-refractivity contribution in [1.82, 2.24) is 0 Å². The molecule has 2 rings (SSSR count). The Morgan fingerprint density at radius 3 is 2.62 bits per heavy atom. The third-order valence-corrected chi connectivity index (χ3v) is 3.50. The average molecular weight is 352 g/mol. The fraction of sp³-hybridized carbons (Fsp3) is 0.200. The molecule has 0 aliphatic rings. The standard InChI is InChI=1S/C15H14BrNO4/c1-10-3-4-15(14(16)5-10)21-9-11-6-12(17(18)19)8-13(7-11)20-2/h3-8H,9H2,1-2H3. The highest BCUT2D eigenvalue weighted by Gasteiger charge is 2.11. The van der Waals surface area contributed by atoms with Crippen LogP contribution in [-0.4, -0.2) is 12.0 Å². The Bertz CT molecular complexity index is 673. The monoisotopic (exact) mass is 351 g/mol. The number of nitro groups is 1. The van der Waals surface area contributed by atoms with Gasteiger partial charge in [-0.05, 0) is 52.2 Å². The topological polar surface area (TPSA) is 61.6 Å². The summed E-state index contributed by atoms with van der Waals surface area (Å²) in [5, 5.41) is 10.9. The molecule has 110 valence electrons. The van der Waals surface area contributed by atoms with E-state index >= 15 is 0 Å². The molecule has 0 unspecified atom stereocenters. The number of benzene rings is 2. The summed E-state index contributed by atoms with van der Waals surface area (Å²) in [6, 6.07) is 10.3. The van der Waals surface area contributed by atoms with Crippen LogP contribution in [0, 0.1) is 17.0 Å². The zero-order valence-electron chi connectivity index (χ0n) is 11.6. The van der Waals surface area contributed by atoms with Gasteiger partial charge in [-0.3, -0.25) is 10.1 Å². The number of hydrogen-bond acceptors (Lipinski definition) is 4. The molecule has 0 N–H and O–H groups in total. The van der Waals surface area contributed by atoms with Crippen LogP contribution in [0.4, 0.5) is 5.69 Å². The van der Waals surface area contributed by atoms with Crippen molar-refractivity contribution in [2.24, 2.45) is 0 Å². The zero-order chi connectivity index (χ0) is 15.4. The molecule has 0 atom stereocenters. The molecule has 0 fully saturated rings. The third-order valence-electron chi connectivity index (χ3n) is 2.88. The molecule has 6 heteroatoms. The zero-order valence-corrected chi connectivity index (χ0v) is 13.2. The van der Waals surface area contributed by atoms with Gasteiger partial charge in [0.05, 0.1) is 22.6 Å². The van der Waals surface area contributed by atoms with E-state index in [0.29, 0.717) is 17.1 Å². The molecule has 0 saturated carbocycles.